The molecule has 1 amide bonds. The van der Waals surface area contributed by atoms with Crippen LogP contribution in [0.3, 0.4) is 0 Å². The minimum Gasteiger partial charge on any atom is -0.322 e. The summed E-state index contributed by atoms with van der Waals surface area (Å²) in [4.78, 5) is 12.8. The Morgan fingerprint density at radius 2 is 1.80 bits per heavy atom. The number of hydrogen-bond donors (Lipinski definition) is 1. The molecule has 0 radical (unpaired) electrons. The van der Waals surface area contributed by atoms with Crippen LogP contribution in [-0.4, -0.2) is 24.5 Å². The highest BCUT2D eigenvalue weighted by molar-refractivity contribution is 14.1. The maximum absolute atomic E-state index is 12.7. The van der Waals surface area contributed by atoms with Crippen LogP contribution in [0, 0.1) is 0 Å². The van der Waals surface area contributed by atoms with Crippen molar-refractivity contribution in [3.05, 3.63) is 58.6 Å². The zero-order valence-corrected chi connectivity index (χ0v) is 20.8. The third kappa shape index (κ3) is 6.44. The Morgan fingerprint density at radius 3 is 2.53 bits per heavy atom. The summed E-state index contributed by atoms with van der Waals surface area (Å²) in [5, 5.41) is 3.03. The molecule has 0 bridgehead atoms. The Hall–Kier alpha value is -1.12. The van der Waals surface area contributed by atoms with Gasteiger partial charge < -0.3 is 5.32 Å². The number of sulfone groups is 1. The second-order valence-corrected chi connectivity index (χ2v) is 12.2. The van der Waals surface area contributed by atoms with E-state index in [4.69, 9.17) is 11.6 Å². The van der Waals surface area contributed by atoms with Crippen molar-refractivity contribution in [3.8, 4) is 0 Å². The molecule has 1 aliphatic carbocycles. The molecule has 4 nitrogen and oxygen atoms in total. The molecule has 1 N–H and O–H groups in total. The van der Waals surface area contributed by atoms with E-state index in [0.29, 0.717) is 5.92 Å². The van der Waals surface area contributed by atoms with E-state index in [2.05, 4.69) is 40.0 Å². The second kappa shape index (κ2) is 10.5. The van der Waals surface area contributed by atoms with Crippen LogP contribution in [0.25, 0.3) is 0 Å². The molecule has 1 fully saturated rings. The lowest BCUT2D eigenvalue weighted by atomic mass is 9.89. The van der Waals surface area contributed by atoms with Gasteiger partial charge in [0.2, 0.25) is 0 Å². The molecule has 2 atom stereocenters. The lowest BCUT2D eigenvalue weighted by molar-refractivity contribution is 0.102. The summed E-state index contributed by atoms with van der Waals surface area (Å²) in [6.45, 7) is 0. The fraction of sp³-hybridized carbons (Fsp3) is 0.435. The van der Waals surface area contributed by atoms with Gasteiger partial charge >= 0.3 is 0 Å². The monoisotopic (exact) mass is 559 g/mol. The first-order valence-corrected chi connectivity index (χ1v) is 13.8. The predicted molar refractivity (Wildman–Crippen MR) is 132 cm³/mol. The largest absolute Gasteiger partial charge is 0.322 e. The van der Waals surface area contributed by atoms with Crippen LogP contribution in [0.4, 0.5) is 5.69 Å². The number of carbonyl (C=O) groups is 1. The van der Waals surface area contributed by atoms with Crippen molar-refractivity contribution in [3.63, 3.8) is 0 Å². The van der Waals surface area contributed by atoms with E-state index in [1.54, 1.807) is 0 Å². The molecule has 2 aromatic rings. The van der Waals surface area contributed by atoms with Crippen LogP contribution in [0.2, 0.25) is 5.02 Å². The number of nitrogens with one attached hydrogen (secondary N) is 1. The zero-order valence-electron chi connectivity index (χ0n) is 17.0. The summed E-state index contributed by atoms with van der Waals surface area (Å²) in [6, 6.07) is 12.2. The first-order valence-electron chi connectivity index (χ1n) is 10.3. The van der Waals surface area contributed by atoms with E-state index in [1.807, 2.05) is 12.1 Å². The molecule has 1 aliphatic rings. The molecule has 0 saturated heterocycles. The summed E-state index contributed by atoms with van der Waals surface area (Å²) >= 11 is 8.76. The number of alkyl halides is 1. The molecular formula is C23H27ClINO3S. The van der Waals surface area contributed by atoms with Crippen LogP contribution in [0.5, 0.6) is 0 Å². The van der Waals surface area contributed by atoms with Gasteiger partial charge in [-0.05, 0) is 67.5 Å². The standard InChI is InChI=1S/C23H27ClINO3S/c1-30(28,29)20-12-13-21(22(24)15-20)23(27)26-19-9-5-7-17(14-19)16-6-3-2-4-8-18(25)11-10-16/h5,7,9,12-16,18H,2-4,6,8,10-11H2,1H3,(H,26,27)/t16?,18-/m1/s1. The Morgan fingerprint density at radius 1 is 1.03 bits per heavy atom. The van der Waals surface area contributed by atoms with Gasteiger partial charge in [-0.25, -0.2) is 8.42 Å². The summed E-state index contributed by atoms with van der Waals surface area (Å²) < 4.78 is 24.1. The van der Waals surface area contributed by atoms with E-state index in [-0.39, 0.29) is 21.4 Å². The molecule has 0 heterocycles. The quantitative estimate of drug-likeness (QED) is 0.338. The number of benzene rings is 2. The minimum absolute atomic E-state index is 0.0971. The minimum atomic E-state index is -3.37. The highest BCUT2D eigenvalue weighted by Gasteiger charge is 2.18. The molecule has 7 heteroatoms. The number of carbonyl (C=O) groups excluding carboxylic acids is 1. The number of rotatable bonds is 4. The Kier molecular flexibility index (Phi) is 8.21. The molecule has 30 heavy (non-hydrogen) atoms. The first kappa shape index (κ1) is 23.5. The number of anilines is 1. The van der Waals surface area contributed by atoms with Gasteiger partial charge in [0.25, 0.3) is 5.91 Å². The van der Waals surface area contributed by atoms with Crippen molar-refractivity contribution in [1.82, 2.24) is 0 Å². The maximum atomic E-state index is 12.7. The van der Waals surface area contributed by atoms with Crippen molar-refractivity contribution in [2.75, 3.05) is 11.6 Å². The van der Waals surface area contributed by atoms with E-state index in [1.165, 1.54) is 68.7 Å². The SMILES string of the molecule is CS(=O)(=O)c1ccc(C(=O)Nc2cccc(C3CCCCC[C@@H](I)CC3)c2)c(Cl)c1. The molecule has 0 aromatic heterocycles. The van der Waals surface area contributed by atoms with Crippen LogP contribution in [0.1, 0.15) is 66.8 Å². The third-order valence-electron chi connectivity index (χ3n) is 5.63. The fourth-order valence-corrected chi connectivity index (χ4v) is 5.69. The number of hydrogen-bond acceptors (Lipinski definition) is 3. The summed E-state index contributed by atoms with van der Waals surface area (Å²) in [7, 11) is -3.37. The molecule has 1 saturated carbocycles. The summed E-state index contributed by atoms with van der Waals surface area (Å²) in [6.07, 6.45) is 9.84. The zero-order chi connectivity index (χ0) is 21.7. The van der Waals surface area contributed by atoms with Gasteiger partial charge in [-0.3, -0.25) is 4.79 Å². The molecule has 1 unspecified atom stereocenters. The van der Waals surface area contributed by atoms with Crippen molar-refractivity contribution in [1.29, 1.82) is 0 Å². The normalized spacial score (nSPS) is 20.6. The van der Waals surface area contributed by atoms with E-state index >= 15 is 0 Å². The third-order valence-corrected chi connectivity index (χ3v) is 8.30. The van der Waals surface area contributed by atoms with E-state index in [0.717, 1.165) is 15.9 Å². The average molecular weight is 560 g/mol. The van der Waals surface area contributed by atoms with Crippen LogP contribution in [0.15, 0.2) is 47.4 Å². The predicted octanol–water partition coefficient (Wildman–Crippen LogP) is 6.63. The highest BCUT2D eigenvalue weighted by atomic mass is 127. The highest BCUT2D eigenvalue weighted by Crippen LogP contribution is 2.33. The van der Waals surface area contributed by atoms with Crippen molar-refractivity contribution in [2.45, 2.75) is 59.7 Å². The number of halogens is 2. The van der Waals surface area contributed by atoms with Gasteiger partial charge in [0.1, 0.15) is 0 Å². The maximum Gasteiger partial charge on any atom is 0.257 e. The van der Waals surface area contributed by atoms with Gasteiger partial charge in [0.15, 0.2) is 9.84 Å². The second-order valence-electron chi connectivity index (χ2n) is 8.00. The van der Waals surface area contributed by atoms with Gasteiger partial charge in [0.05, 0.1) is 15.5 Å². The van der Waals surface area contributed by atoms with Gasteiger partial charge in [0, 0.05) is 15.9 Å². The first-order chi connectivity index (χ1) is 14.2. The topological polar surface area (TPSA) is 63.2 Å². The van der Waals surface area contributed by atoms with Crippen molar-refractivity contribution >= 4 is 55.6 Å². The van der Waals surface area contributed by atoms with E-state index in [9.17, 15) is 13.2 Å². The Labute approximate surface area is 197 Å². The van der Waals surface area contributed by atoms with Crippen LogP contribution >= 0.6 is 34.2 Å². The van der Waals surface area contributed by atoms with Crippen LogP contribution < -0.4 is 5.32 Å². The van der Waals surface area contributed by atoms with Crippen LogP contribution in [-0.2, 0) is 9.84 Å². The smallest absolute Gasteiger partial charge is 0.257 e. The molecule has 2 aromatic carbocycles. The molecule has 3 rings (SSSR count). The molecule has 162 valence electrons. The summed E-state index contributed by atoms with van der Waals surface area (Å²) in [5.41, 5.74) is 2.24. The van der Waals surface area contributed by atoms with Gasteiger partial charge in [-0.1, -0.05) is 65.6 Å². The lowest BCUT2D eigenvalue weighted by Crippen LogP contribution is -2.13. The molecule has 0 spiro atoms. The Balaban J connectivity index is 1.75. The lowest BCUT2D eigenvalue weighted by Gasteiger charge is -2.18. The van der Waals surface area contributed by atoms with Crippen molar-refractivity contribution in [2.24, 2.45) is 0 Å². The van der Waals surface area contributed by atoms with E-state index < -0.39 is 9.84 Å². The molecular weight excluding hydrogens is 533 g/mol. The van der Waals surface area contributed by atoms with Crippen molar-refractivity contribution < 1.29 is 13.2 Å². The average Bonchev–Trinajstić information content (AvgIpc) is 2.79. The number of amides is 1. The molecule has 0 aliphatic heterocycles. The van der Waals surface area contributed by atoms with Gasteiger partial charge in [-0.2, -0.15) is 0 Å². The fourth-order valence-electron chi connectivity index (χ4n) is 3.92. The summed E-state index contributed by atoms with van der Waals surface area (Å²) in [5.74, 6) is 0.161. The van der Waals surface area contributed by atoms with Gasteiger partial charge in [-0.15, -0.1) is 0 Å². The Bertz CT molecular complexity index is 1010.